The second kappa shape index (κ2) is 9.16. The highest BCUT2D eigenvalue weighted by Gasteiger charge is 2.19. The van der Waals surface area contributed by atoms with Gasteiger partial charge in [-0.05, 0) is 20.3 Å². The Balaban J connectivity index is 1.90. The van der Waals surface area contributed by atoms with E-state index in [1.165, 1.54) is 15.6 Å². The number of oxazole rings is 1. The van der Waals surface area contributed by atoms with Gasteiger partial charge >= 0.3 is 0 Å². The van der Waals surface area contributed by atoms with Crippen LogP contribution in [-0.4, -0.2) is 29.0 Å². The molecule has 0 unspecified atom stereocenters. The molecule has 0 radical (unpaired) electrons. The summed E-state index contributed by atoms with van der Waals surface area (Å²) in [7, 11) is 0. The number of guanidine groups is 1. The third-order valence-electron chi connectivity index (χ3n) is 3.91. The lowest BCUT2D eigenvalue weighted by molar-refractivity contribution is 0.383. The quantitative estimate of drug-likeness (QED) is 0.570. The van der Waals surface area contributed by atoms with Crippen molar-refractivity contribution in [2.45, 2.75) is 66.3 Å². The van der Waals surface area contributed by atoms with Gasteiger partial charge in [0.2, 0.25) is 5.89 Å². The molecular formula is C19H31N5OS. The zero-order chi connectivity index (χ0) is 19.2. The number of aryl methyl sites for hydroxylation is 2. The van der Waals surface area contributed by atoms with Gasteiger partial charge in [0.15, 0.2) is 5.96 Å². The maximum Gasteiger partial charge on any atom is 0.216 e. The summed E-state index contributed by atoms with van der Waals surface area (Å²) in [4.78, 5) is 14.9. The first kappa shape index (κ1) is 20.4. The molecule has 0 amide bonds. The second-order valence-corrected chi connectivity index (χ2v) is 8.49. The average Bonchev–Trinajstić information content (AvgIpc) is 3.19. The summed E-state index contributed by atoms with van der Waals surface area (Å²) in [5.41, 5.74) is 1.17. The average molecular weight is 378 g/mol. The van der Waals surface area contributed by atoms with Crippen molar-refractivity contribution in [1.29, 1.82) is 0 Å². The maximum absolute atomic E-state index is 5.80. The molecule has 0 saturated heterocycles. The van der Waals surface area contributed by atoms with Crippen LogP contribution in [0.4, 0.5) is 0 Å². The first-order chi connectivity index (χ1) is 12.3. The number of rotatable bonds is 7. The zero-order valence-electron chi connectivity index (χ0n) is 16.8. The third kappa shape index (κ3) is 5.83. The molecule has 7 heteroatoms. The number of aromatic nitrogens is 2. The number of nitrogens with zero attached hydrogens (tertiary/aromatic N) is 3. The molecule has 2 heterocycles. The lowest BCUT2D eigenvalue weighted by Crippen LogP contribution is -2.38. The molecule has 2 rings (SSSR count). The Kier molecular flexibility index (Phi) is 7.20. The SMILES string of the molecule is CCNC(=NCc1ncc(C(C)(C)C)o1)NCCc1nc(CC)c(C)s1. The Labute approximate surface area is 160 Å². The van der Waals surface area contributed by atoms with Gasteiger partial charge in [-0.25, -0.2) is 15.0 Å². The highest BCUT2D eigenvalue weighted by atomic mass is 32.1. The Morgan fingerprint density at radius 1 is 1.27 bits per heavy atom. The number of hydrogen-bond donors (Lipinski definition) is 2. The summed E-state index contributed by atoms with van der Waals surface area (Å²) in [6.45, 7) is 14.7. The van der Waals surface area contributed by atoms with Crippen LogP contribution in [0.2, 0.25) is 0 Å². The van der Waals surface area contributed by atoms with Gasteiger partial charge in [0, 0.05) is 29.8 Å². The summed E-state index contributed by atoms with van der Waals surface area (Å²) in [6, 6.07) is 0. The minimum absolute atomic E-state index is 0.0408. The van der Waals surface area contributed by atoms with Gasteiger partial charge in [-0.3, -0.25) is 0 Å². The lowest BCUT2D eigenvalue weighted by Gasteiger charge is -2.13. The van der Waals surface area contributed by atoms with E-state index < -0.39 is 0 Å². The van der Waals surface area contributed by atoms with Crippen molar-refractivity contribution in [3.8, 4) is 0 Å². The highest BCUT2D eigenvalue weighted by Crippen LogP contribution is 2.22. The van der Waals surface area contributed by atoms with E-state index in [0.29, 0.717) is 12.4 Å². The lowest BCUT2D eigenvalue weighted by atomic mass is 9.94. The largest absolute Gasteiger partial charge is 0.443 e. The molecule has 0 saturated carbocycles. The van der Waals surface area contributed by atoms with E-state index in [9.17, 15) is 0 Å². The van der Waals surface area contributed by atoms with Crippen molar-refractivity contribution < 1.29 is 4.42 Å². The molecule has 26 heavy (non-hydrogen) atoms. The van der Waals surface area contributed by atoms with Crippen LogP contribution in [0.1, 0.15) is 61.8 Å². The predicted octanol–water partition coefficient (Wildman–Crippen LogP) is 3.60. The minimum Gasteiger partial charge on any atom is -0.443 e. The molecule has 0 atom stereocenters. The van der Waals surface area contributed by atoms with Gasteiger partial charge < -0.3 is 15.1 Å². The number of hydrogen-bond acceptors (Lipinski definition) is 5. The maximum atomic E-state index is 5.80. The van der Waals surface area contributed by atoms with E-state index in [-0.39, 0.29) is 5.41 Å². The fourth-order valence-corrected chi connectivity index (χ4v) is 3.45. The number of thiazole rings is 1. The van der Waals surface area contributed by atoms with E-state index in [1.54, 1.807) is 17.5 Å². The highest BCUT2D eigenvalue weighted by molar-refractivity contribution is 7.11. The van der Waals surface area contributed by atoms with E-state index >= 15 is 0 Å². The van der Waals surface area contributed by atoms with E-state index in [0.717, 1.165) is 37.7 Å². The fourth-order valence-electron chi connectivity index (χ4n) is 2.43. The molecule has 0 fully saturated rings. The van der Waals surface area contributed by atoms with Crippen molar-refractivity contribution >= 4 is 17.3 Å². The first-order valence-electron chi connectivity index (χ1n) is 9.26. The smallest absolute Gasteiger partial charge is 0.216 e. The molecule has 0 aromatic carbocycles. The number of aliphatic imine (C=N–C) groups is 1. The van der Waals surface area contributed by atoms with E-state index in [1.807, 2.05) is 0 Å². The van der Waals surface area contributed by atoms with Gasteiger partial charge in [-0.15, -0.1) is 11.3 Å². The molecule has 0 spiro atoms. The van der Waals surface area contributed by atoms with Crippen molar-refractivity contribution in [1.82, 2.24) is 20.6 Å². The van der Waals surface area contributed by atoms with E-state index in [4.69, 9.17) is 4.42 Å². The molecule has 0 aliphatic heterocycles. The molecule has 144 valence electrons. The molecule has 2 aromatic rings. The molecule has 6 nitrogen and oxygen atoms in total. The first-order valence-corrected chi connectivity index (χ1v) is 10.1. The Hall–Kier alpha value is -1.89. The van der Waals surface area contributed by atoms with E-state index in [2.05, 4.69) is 67.1 Å². The van der Waals surface area contributed by atoms with Gasteiger partial charge in [-0.2, -0.15) is 0 Å². The van der Waals surface area contributed by atoms with Gasteiger partial charge in [0.05, 0.1) is 16.9 Å². The Morgan fingerprint density at radius 3 is 2.62 bits per heavy atom. The summed E-state index contributed by atoms with van der Waals surface area (Å²) < 4.78 is 5.80. The molecule has 2 aromatic heterocycles. The van der Waals surface area contributed by atoms with Crippen LogP contribution in [-0.2, 0) is 24.8 Å². The molecule has 0 aliphatic rings. The van der Waals surface area contributed by atoms with Crippen LogP contribution in [0.5, 0.6) is 0 Å². The molecule has 0 aliphatic carbocycles. The predicted molar refractivity (Wildman–Crippen MR) is 108 cm³/mol. The van der Waals surface area contributed by atoms with Crippen molar-refractivity contribution in [2.75, 3.05) is 13.1 Å². The third-order valence-corrected chi connectivity index (χ3v) is 4.99. The summed E-state index contributed by atoms with van der Waals surface area (Å²) in [6.07, 6.45) is 3.68. The van der Waals surface area contributed by atoms with Crippen LogP contribution >= 0.6 is 11.3 Å². The number of nitrogens with one attached hydrogen (secondary N) is 2. The standard InChI is InChI=1S/C19H31N5OS/c1-7-14-13(3)26-17(24-14)9-10-21-18(20-8-2)23-12-16-22-11-15(25-16)19(4,5)6/h11H,7-10,12H2,1-6H3,(H2,20,21,23). The monoisotopic (exact) mass is 377 g/mol. The van der Waals surface area contributed by atoms with Crippen LogP contribution in [0.3, 0.4) is 0 Å². The summed E-state index contributed by atoms with van der Waals surface area (Å²) in [5.74, 6) is 2.29. The molecular weight excluding hydrogens is 346 g/mol. The Morgan fingerprint density at radius 2 is 2.04 bits per heavy atom. The summed E-state index contributed by atoms with van der Waals surface area (Å²) in [5, 5.41) is 7.79. The van der Waals surface area contributed by atoms with Crippen molar-refractivity contribution in [3.05, 3.63) is 33.4 Å². The van der Waals surface area contributed by atoms with Gasteiger partial charge in [0.25, 0.3) is 0 Å². The topological polar surface area (TPSA) is 75.3 Å². The normalized spacial score (nSPS) is 12.5. The van der Waals surface area contributed by atoms with Gasteiger partial charge in [0.1, 0.15) is 12.3 Å². The van der Waals surface area contributed by atoms with Crippen LogP contribution in [0, 0.1) is 6.92 Å². The van der Waals surface area contributed by atoms with Gasteiger partial charge in [-0.1, -0.05) is 27.7 Å². The van der Waals surface area contributed by atoms with Crippen LogP contribution in [0.15, 0.2) is 15.6 Å². The van der Waals surface area contributed by atoms with Crippen molar-refractivity contribution in [3.63, 3.8) is 0 Å². The minimum atomic E-state index is -0.0408. The molecule has 2 N–H and O–H groups in total. The summed E-state index contributed by atoms with van der Waals surface area (Å²) >= 11 is 1.78. The zero-order valence-corrected chi connectivity index (χ0v) is 17.6. The van der Waals surface area contributed by atoms with Crippen LogP contribution in [0.25, 0.3) is 0 Å². The fraction of sp³-hybridized carbons (Fsp3) is 0.632. The van der Waals surface area contributed by atoms with Crippen molar-refractivity contribution in [2.24, 2.45) is 4.99 Å². The molecule has 0 bridgehead atoms. The second-order valence-electron chi connectivity index (χ2n) is 7.20. The Bertz CT molecular complexity index is 727. The van der Waals surface area contributed by atoms with Crippen LogP contribution < -0.4 is 10.6 Å².